The highest BCUT2D eigenvalue weighted by Gasteiger charge is 2.85. The minimum Gasteiger partial charge on any atom is -0.394 e. The first-order valence-electron chi connectivity index (χ1n) is 27.3. The predicted molar refractivity (Wildman–Crippen MR) is 255 cm³/mol. The molecule has 0 amide bonds. The summed E-state index contributed by atoms with van der Waals surface area (Å²) in [6, 6.07) is 0. The van der Waals surface area contributed by atoms with Crippen LogP contribution in [-0.2, 0) is 37.9 Å². The Morgan fingerprint density at radius 1 is 0.587 bits per heavy atom. The lowest BCUT2D eigenvalue weighted by atomic mass is 9.41. The van der Waals surface area contributed by atoms with Gasteiger partial charge >= 0.3 is 0 Å². The molecule has 4 heterocycles. The summed E-state index contributed by atoms with van der Waals surface area (Å²) in [6.07, 6.45) is -24.9. The summed E-state index contributed by atoms with van der Waals surface area (Å²) in [6.45, 7) is 11.9. The lowest BCUT2D eigenvalue weighted by Crippen LogP contribution is -2.65. The Labute approximate surface area is 437 Å². The number of hydrogen-bond donors (Lipinski definition) is 15. The van der Waals surface area contributed by atoms with Crippen molar-refractivity contribution in [3.63, 3.8) is 0 Å². The molecule has 5 saturated carbocycles. The molecular formula is C52H88O23. The van der Waals surface area contributed by atoms with Gasteiger partial charge in [0.1, 0.15) is 85.5 Å². The van der Waals surface area contributed by atoms with Crippen LogP contribution < -0.4 is 0 Å². The molecule has 4 saturated heterocycles. The van der Waals surface area contributed by atoms with Crippen LogP contribution in [0.5, 0.6) is 0 Å². The third-order valence-corrected chi connectivity index (χ3v) is 21.1. The predicted octanol–water partition coefficient (Wildman–Crippen LogP) is -3.15. The van der Waals surface area contributed by atoms with Crippen LogP contribution in [0.15, 0.2) is 0 Å². The molecule has 23 nitrogen and oxygen atoms in total. The number of aliphatic hydroxyl groups excluding tert-OH is 14. The molecule has 9 aliphatic rings. The van der Waals surface area contributed by atoms with Gasteiger partial charge in [0.15, 0.2) is 25.2 Å². The maximum absolute atomic E-state index is 12.4. The number of fused-ring (bicyclic) bond motifs is 2. The minimum atomic E-state index is -1.70. The van der Waals surface area contributed by atoms with Crippen LogP contribution >= 0.6 is 0 Å². The van der Waals surface area contributed by atoms with E-state index >= 15 is 0 Å². The van der Waals surface area contributed by atoms with Gasteiger partial charge in [-0.3, -0.25) is 0 Å². The molecule has 0 unspecified atom stereocenters. The first-order chi connectivity index (χ1) is 35.0. The summed E-state index contributed by atoms with van der Waals surface area (Å²) in [5.74, 6) is -0.705. The lowest BCUT2D eigenvalue weighted by molar-refractivity contribution is -0.360. The smallest absolute Gasteiger partial charge is 0.187 e. The molecule has 0 aromatic heterocycles. The van der Waals surface area contributed by atoms with E-state index in [1.54, 1.807) is 13.8 Å². The van der Waals surface area contributed by atoms with Gasteiger partial charge in [-0.2, -0.15) is 0 Å². The lowest BCUT2D eigenvalue weighted by Gasteiger charge is -2.65. The summed E-state index contributed by atoms with van der Waals surface area (Å²) in [5.41, 5.74) is -3.76. The Kier molecular flexibility index (Phi) is 16.5. The van der Waals surface area contributed by atoms with Crippen molar-refractivity contribution in [2.75, 3.05) is 26.4 Å². The molecule has 2 spiro atoms. The highest BCUT2D eigenvalue weighted by atomic mass is 16.8. The Morgan fingerprint density at radius 2 is 1.16 bits per heavy atom. The minimum absolute atomic E-state index is 0.0412. The van der Waals surface area contributed by atoms with Crippen molar-refractivity contribution in [2.45, 2.75) is 247 Å². The Morgan fingerprint density at radius 3 is 1.77 bits per heavy atom. The summed E-state index contributed by atoms with van der Waals surface area (Å²) in [7, 11) is 0. The summed E-state index contributed by atoms with van der Waals surface area (Å²) < 4.78 is 49.2. The number of aliphatic hydroxyl groups is 15. The third-order valence-electron chi connectivity index (χ3n) is 21.1. The zero-order valence-corrected chi connectivity index (χ0v) is 44.2. The largest absolute Gasteiger partial charge is 0.394 e. The monoisotopic (exact) mass is 1080 g/mol. The van der Waals surface area contributed by atoms with Gasteiger partial charge in [0.25, 0.3) is 0 Å². The van der Waals surface area contributed by atoms with E-state index in [1.165, 1.54) is 0 Å². The van der Waals surface area contributed by atoms with Crippen LogP contribution in [0, 0.1) is 50.7 Å². The Balaban J connectivity index is 0.987. The van der Waals surface area contributed by atoms with Gasteiger partial charge in [-0.25, -0.2) is 0 Å². The van der Waals surface area contributed by atoms with E-state index in [0.717, 1.165) is 19.3 Å². The second-order valence-electron chi connectivity index (χ2n) is 25.9. The van der Waals surface area contributed by atoms with Crippen molar-refractivity contribution in [2.24, 2.45) is 50.7 Å². The maximum atomic E-state index is 12.4. The first kappa shape index (κ1) is 58.7. The first-order valence-corrected chi connectivity index (χ1v) is 27.3. The van der Waals surface area contributed by atoms with Crippen LogP contribution in [0.2, 0.25) is 0 Å². The average Bonchev–Trinajstić information content (AvgIpc) is 4.10. The van der Waals surface area contributed by atoms with Crippen LogP contribution in [0.4, 0.5) is 0 Å². The summed E-state index contributed by atoms with van der Waals surface area (Å²) in [5, 5.41) is 162. The molecule has 9 rings (SSSR count). The topological polar surface area (TPSA) is 377 Å². The zero-order chi connectivity index (χ0) is 54.9. The van der Waals surface area contributed by atoms with Crippen molar-refractivity contribution in [3.8, 4) is 0 Å². The van der Waals surface area contributed by atoms with E-state index in [9.17, 15) is 76.6 Å². The van der Waals surface area contributed by atoms with Crippen molar-refractivity contribution in [3.05, 3.63) is 0 Å². The number of hydrogen-bond acceptors (Lipinski definition) is 23. The summed E-state index contributed by atoms with van der Waals surface area (Å²) >= 11 is 0. The third kappa shape index (κ3) is 9.60. The van der Waals surface area contributed by atoms with Gasteiger partial charge < -0.3 is 114 Å². The van der Waals surface area contributed by atoms with Gasteiger partial charge in [0.05, 0.1) is 56.4 Å². The fraction of sp³-hybridized carbons (Fsp3) is 1.00. The van der Waals surface area contributed by atoms with E-state index in [1.807, 2.05) is 0 Å². The fourth-order valence-corrected chi connectivity index (χ4v) is 17.0. The molecule has 15 N–H and O–H groups in total. The van der Waals surface area contributed by atoms with Crippen molar-refractivity contribution in [1.82, 2.24) is 0 Å². The SMILES string of the molecule is C[C@H](CC[C@H](O[C@@H]1O[C@H](CO)[C@@H](O)[C@H](O)[C@H]1O)C(C)(C)O)[C@H]1[C@@H](O)C[C@@]2(C)[C@@H]3C[C@H](O[C@@H]4O[C@H](CO)[C@@H](O)[C@H](O)[C@H]4O)[C@H]4C(C)(C)[C@@H](O[C@@H]5OC[C@@H](O)[C@H](O)[C@H]5O[C@@H]5OC[C@H](O)[C@H](O)[C@H]5O)CC[C@@]45C[C@@]35CC[C@]12C. The molecule has 0 bridgehead atoms. The molecule has 23 heteroatoms. The van der Waals surface area contributed by atoms with Gasteiger partial charge in [0.2, 0.25) is 0 Å². The summed E-state index contributed by atoms with van der Waals surface area (Å²) in [4.78, 5) is 0. The normalized spacial score (nSPS) is 54.5. The quantitative estimate of drug-likeness (QED) is 0.0720. The van der Waals surface area contributed by atoms with Gasteiger partial charge in [-0.1, -0.05) is 34.6 Å². The van der Waals surface area contributed by atoms with E-state index in [0.29, 0.717) is 32.1 Å². The van der Waals surface area contributed by atoms with Crippen molar-refractivity contribution in [1.29, 1.82) is 0 Å². The van der Waals surface area contributed by atoms with E-state index < -0.39 is 170 Å². The highest BCUT2D eigenvalue weighted by Crippen LogP contribution is 2.89. The van der Waals surface area contributed by atoms with Gasteiger partial charge in [0, 0.05) is 0 Å². The Hall–Kier alpha value is -0.920. The standard InChI is InChI=1S/C52H88O23/c1-21(8-9-30(48(4,5)67)74-45-40(66)37(63)35(61)27(17-54)72-45)31-22(55)15-50(7)28-14-25(70-44-39(65)36(62)34(60)26(16-53)71-44)42-47(2,3)29(10-11-52(42)20-51(28,52)13-12-49(31,50)6)73-46-41(33(59)24(57)19-69-46)75-43-38(64)32(58)23(56)18-68-43/h21-46,53-67H,8-20H2,1-7H3/t21-,22+,23+,24-,25+,26-,27-,28+,29+,30+,31+,32+,33+,34-,35-,36+,37+,38-,39-,40-,41-,42+,43+,44-,45+,46+,49-,50+,51+,52-/m1/s1. The van der Waals surface area contributed by atoms with Crippen LogP contribution in [-0.4, -0.2) is 244 Å². The van der Waals surface area contributed by atoms with Gasteiger partial charge in [-0.15, -0.1) is 0 Å². The highest BCUT2D eigenvalue weighted by molar-refractivity contribution is 5.33. The van der Waals surface area contributed by atoms with Crippen LogP contribution in [0.25, 0.3) is 0 Å². The molecule has 0 aromatic carbocycles. The number of ether oxygens (including phenoxy) is 8. The van der Waals surface area contributed by atoms with Crippen LogP contribution in [0.3, 0.4) is 0 Å². The van der Waals surface area contributed by atoms with Crippen molar-refractivity contribution < 1.29 is 114 Å². The molecule has 75 heavy (non-hydrogen) atoms. The second-order valence-corrected chi connectivity index (χ2v) is 25.9. The van der Waals surface area contributed by atoms with Crippen molar-refractivity contribution >= 4 is 0 Å². The molecule has 0 aromatic rings. The van der Waals surface area contributed by atoms with Gasteiger partial charge in [-0.05, 0) is 122 Å². The average molecular weight is 1080 g/mol. The molecular weight excluding hydrogens is 993 g/mol. The van der Waals surface area contributed by atoms with E-state index in [4.69, 9.17) is 37.9 Å². The molecule has 434 valence electrons. The molecule has 9 fully saturated rings. The molecule has 0 radical (unpaired) electrons. The second kappa shape index (κ2) is 21.1. The zero-order valence-electron chi connectivity index (χ0n) is 44.2. The fourth-order valence-electron chi connectivity index (χ4n) is 17.0. The van der Waals surface area contributed by atoms with E-state index in [2.05, 4.69) is 34.6 Å². The van der Waals surface area contributed by atoms with Crippen LogP contribution in [0.1, 0.15) is 106 Å². The Bertz CT molecular complexity index is 1960. The maximum Gasteiger partial charge on any atom is 0.187 e. The van der Waals surface area contributed by atoms with E-state index in [-0.39, 0.29) is 54.1 Å². The molecule has 5 aliphatic carbocycles. The number of rotatable bonds is 15. The molecule has 4 aliphatic heterocycles. The molecule has 30 atom stereocenters.